The average molecular weight is 258 g/mol. The summed E-state index contributed by atoms with van der Waals surface area (Å²) >= 11 is 0. The monoisotopic (exact) mass is 258 g/mol. The second-order valence-corrected chi connectivity index (χ2v) is 5.77. The summed E-state index contributed by atoms with van der Waals surface area (Å²) in [7, 11) is 0. The fourth-order valence-corrected chi connectivity index (χ4v) is 3.25. The zero-order valence-electron chi connectivity index (χ0n) is 11.5. The van der Waals surface area contributed by atoms with Gasteiger partial charge in [-0.05, 0) is 36.8 Å². The van der Waals surface area contributed by atoms with Gasteiger partial charge in [-0.2, -0.15) is 0 Å². The Balaban J connectivity index is 1.74. The van der Waals surface area contributed by atoms with Gasteiger partial charge >= 0.3 is 0 Å². The number of hydrogen-bond acceptors (Lipinski definition) is 2. The normalized spacial score (nSPS) is 25.6. The summed E-state index contributed by atoms with van der Waals surface area (Å²) in [5.41, 5.74) is 1.74. The third-order valence-corrected chi connectivity index (χ3v) is 4.60. The summed E-state index contributed by atoms with van der Waals surface area (Å²) in [6, 6.07) is 5.94. The Bertz CT molecular complexity index is 507. The highest BCUT2D eigenvalue weighted by molar-refractivity contribution is 5.39. The van der Waals surface area contributed by atoms with E-state index >= 15 is 0 Å². The SMILES string of the molecule is CCC1CCC(C(O)c2cn3ccccc3n2)CC1. The van der Waals surface area contributed by atoms with Gasteiger partial charge in [0.25, 0.3) is 0 Å². The van der Waals surface area contributed by atoms with E-state index in [0.29, 0.717) is 5.92 Å². The zero-order chi connectivity index (χ0) is 13.2. The Kier molecular flexibility index (Phi) is 3.56. The molecule has 0 bridgehead atoms. The number of aliphatic hydroxyl groups is 1. The van der Waals surface area contributed by atoms with Crippen molar-refractivity contribution in [1.82, 2.24) is 9.38 Å². The summed E-state index contributed by atoms with van der Waals surface area (Å²) in [5, 5.41) is 10.5. The van der Waals surface area contributed by atoms with E-state index in [1.165, 1.54) is 19.3 Å². The van der Waals surface area contributed by atoms with E-state index in [0.717, 1.165) is 30.1 Å². The standard InChI is InChI=1S/C16H22N2O/c1-2-12-6-8-13(9-7-12)16(19)14-11-18-10-4-3-5-15(18)17-14/h3-5,10-13,16,19H,2,6-9H2,1H3. The third kappa shape index (κ3) is 2.52. The maximum absolute atomic E-state index is 10.5. The smallest absolute Gasteiger partial charge is 0.137 e. The van der Waals surface area contributed by atoms with Crippen LogP contribution in [-0.2, 0) is 0 Å². The second kappa shape index (κ2) is 5.33. The van der Waals surface area contributed by atoms with Crippen LogP contribution in [0.1, 0.15) is 50.8 Å². The lowest BCUT2D eigenvalue weighted by Gasteiger charge is -2.30. The van der Waals surface area contributed by atoms with Crippen molar-refractivity contribution in [2.75, 3.05) is 0 Å². The fraction of sp³-hybridized carbons (Fsp3) is 0.562. The average Bonchev–Trinajstić information content (AvgIpc) is 2.90. The number of imidazole rings is 1. The summed E-state index contributed by atoms with van der Waals surface area (Å²) in [4.78, 5) is 4.54. The van der Waals surface area contributed by atoms with Crippen molar-refractivity contribution >= 4 is 5.65 Å². The molecule has 0 radical (unpaired) electrons. The maximum atomic E-state index is 10.5. The largest absolute Gasteiger partial charge is 0.386 e. The molecular formula is C16H22N2O. The summed E-state index contributed by atoms with van der Waals surface area (Å²) in [6.45, 7) is 2.27. The summed E-state index contributed by atoms with van der Waals surface area (Å²) < 4.78 is 1.98. The molecule has 1 aliphatic carbocycles. The van der Waals surface area contributed by atoms with Crippen LogP contribution in [0.15, 0.2) is 30.6 Å². The lowest BCUT2D eigenvalue weighted by molar-refractivity contribution is 0.0700. The molecule has 3 rings (SSSR count). The first-order chi connectivity index (χ1) is 9.28. The predicted molar refractivity (Wildman–Crippen MR) is 75.9 cm³/mol. The molecule has 0 aromatic carbocycles. The number of aromatic nitrogens is 2. The molecule has 0 saturated heterocycles. The molecule has 1 unspecified atom stereocenters. The Morgan fingerprint density at radius 3 is 2.79 bits per heavy atom. The van der Waals surface area contributed by atoms with Gasteiger partial charge < -0.3 is 9.51 Å². The number of nitrogens with zero attached hydrogens (tertiary/aromatic N) is 2. The molecule has 19 heavy (non-hydrogen) atoms. The zero-order valence-corrected chi connectivity index (χ0v) is 11.5. The Hall–Kier alpha value is -1.35. The van der Waals surface area contributed by atoms with E-state index in [9.17, 15) is 5.11 Å². The van der Waals surface area contributed by atoms with E-state index in [2.05, 4.69) is 11.9 Å². The Morgan fingerprint density at radius 2 is 2.11 bits per heavy atom. The Morgan fingerprint density at radius 1 is 1.32 bits per heavy atom. The van der Waals surface area contributed by atoms with Gasteiger partial charge in [-0.1, -0.05) is 32.3 Å². The minimum absolute atomic E-state index is 0.382. The number of hydrogen-bond donors (Lipinski definition) is 1. The van der Waals surface area contributed by atoms with Gasteiger partial charge in [-0.3, -0.25) is 0 Å². The molecule has 1 N–H and O–H groups in total. The van der Waals surface area contributed by atoms with Crippen molar-refractivity contribution in [3.05, 3.63) is 36.3 Å². The van der Waals surface area contributed by atoms with Crippen molar-refractivity contribution in [2.45, 2.75) is 45.1 Å². The predicted octanol–water partition coefficient (Wildman–Crippen LogP) is 3.58. The van der Waals surface area contributed by atoms with Gasteiger partial charge in [-0.15, -0.1) is 0 Å². The van der Waals surface area contributed by atoms with E-state index in [-0.39, 0.29) is 0 Å². The molecule has 102 valence electrons. The van der Waals surface area contributed by atoms with Crippen LogP contribution in [0.3, 0.4) is 0 Å². The molecule has 1 fully saturated rings. The molecular weight excluding hydrogens is 236 g/mol. The van der Waals surface area contributed by atoms with Crippen molar-refractivity contribution in [3.8, 4) is 0 Å². The van der Waals surface area contributed by atoms with Crippen LogP contribution >= 0.6 is 0 Å². The first kappa shape index (κ1) is 12.7. The summed E-state index contributed by atoms with van der Waals surface area (Å²) in [6.07, 6.45) is 9.59. The van der Waals surface area contributed by atoms with Gasteiger partial charge in [0.2, 0.25) is 0 Å². The molecule has 2 heterocycles. The van der Waals surface area contributed by atoms with Crippen LogP contribution in [0.4, 0.5) is 0 Å². The topological polar surface area (TPSA) is 37.5 Å². The van der Waals surface area contributed by atoms with Crippen molar-refractivity contribution in [2.24, 2.45) is 11.8 Å². The van der Waals surface area contributed by atoms with E-state index in [1.54, 1.807) is 0 Å². The molecule has 1 saturated carbocycles. The highest BCUT2D eigenvalue weighted by Gasteiger charge is 2.28. The number of pyridine rings is 1. The molecule has 3 nitrogen and oxygen atoms in total. The summed E-state index contributed by atoms with van der Waals surface area (Å²) in [5.74, 6) is 1.25. The van der Waals surface area contributed by atoms with Crippen LogP contribution in [-0.4, -0.2) is 14.5 Å². The molecule has 1 atom stereocenters. The molecule has 2 aromatic heterocycles. The van der Waals surface area contributed by atoms with Crippen LogP contribution in [0.2, 0.25) is 0 Å². The highest BCUT2D eigenvalue weighted by atomic mass is 16.3. The van der Waals surface area contributed by atoms with E-state index in [1.807, 2.05) is 35.0 Å². The van der Waals surface area contributed by atoms with Crippen LogP contribution in [0, 0.1) is 11.8 Å². The minimum atomic E-state index is -0.405. The van der Waals surface area contributed by atoms with Gasteiger partial charge in [-0.25, -0.2) is 4.98 Å². The molecule has 2 aromatic rings. The van der Waals surface area contributed by atoms with Crippen LogP contribution in [0.25, 0.3) is 5.65 Å². The second-order valence-electron chi connectivity index (χ2n) is 5.77. The lowest BCUT2D eigenvalue weighted by Crippen LogP contribution is -2.20. The lowest BCUT2D eigenvalue weighted by atomic mass is 9.78. The highest BCUT2D eigenvalue weighted by Crippen LogP contribution is 2.37. The van der Waals surface area contributed by atoms with Crippen molar-refractivity contribution < 1.29 is 5.11 Å². The molecule has 1 aliphatic rings. The molecule has 0 amide bonds. The first-order valence-corrected chi connectivity index (χ1v) is 7.39. The number of rotatable bonds is 3. The maximum Gasteiger partial charge on any atom is 0.137 e. The van der Waals surface area contributed by atoms with Gasteiger partial charge in [0.15, 0.2) is 0 Å². The van der Waals surface area contributed by atoms with Crippen molar-refractivity contribution in [1.29, 1.82) is 0 Å². The minimum Gasteiger partial charge on any atom is -0.386 e. The van der Waals surface area contributed by atoms with Crippen LogP contribution in [0.5, 0.6) is 0 Å². The van der Waals surface area contributed by atoms with E-state index in [4.69, 9.17) is 0 Å². The quantitative estimate of drug-likeness (QED) is 0.913. The molecule has 0 spiro atoms. The van der Waals surface area contributed by atoms with Crippen molar-refractivity contribution in [3.63, 3.8) is 0 Å². The van der Waals surface area contributed by atoms with E-state index < -0.39 is 6.10 Å². The number of aliphatic hydroxyl groups excluding tert-OH is 1. The van der Waals surface area contributed by atoms with Crippen LogP contribution < -0.4 is 0 Å². The van der Waals surface area contributed by atoms with Gasteiger partial charge in [0.1, 0.15) is 11.8 Å². The van der Waals surface area contributed by atoms with Gasteiger partial charge in [0.05, 0.1) is 5.69 Å². The fourth-order valence-electron chi connectivity index (χ4n) is 3.25. The third-order valence-electron chi connectivity index (χ3n) is 4.60. The van der Waals surface area contributed by atoms with Gasteiger partial charge in [0, 0.05) is 12.4 Å². The Labute approximate surface area is 114 Å². The number of fused-ring (bicyclic) bond motifs is 1. The first-order valence-electron chi connectivity index (χ1n) is 7.39. The molecule has 3 heteroatoms. The molecule has 0 aliphatic heterocycles.